The summed E-state index contributed by atoms with van der Waals surface area (Å²) in [5.74, 6) is 0.771. The smallest absolute Gasteiger partial charge is 0.416 e. The Balaban J connectivity index is 1.87. The van der Waals surface area contributed by atoms with Crippen LogP contribution in [-0.2, 0) is 6.18 Å². The zero-order chi connectivity index (χ0) is 25.3. The van der Waals surface area contributed by atoms with Gasteiger partial charge in [0.1, 0.15) is 5.75 Å². The van der Waals surface area contributed by atoms with Crippen LogP contribution in [0.25, 0.3) is 22.3 Å². The highest BCUT2D eigenvalue weighted by Gasteiger charge is 2.31. The Morgan fingerprint density at radius 3 is 2.37 bits per heavy atom. The highest BCUT2D eigenvalue weighted by molar-refractivity contribution is 14.1. The molecule has 1 aromatic heterocycles. The molecule has 4 aromatic rings. The molecule has 3 aromatic carbocycles. The highest BCUT2D eigenvalue weighted by atomic mass is 127. The average Bonchev–Trinajstić information content (AvgIpc) is 2.80. The molecule has 0 spiro atoms. The molecule has 1 heterocycles. The molecule has 10 heteroatoms. The molecule has 0 saturated carbocycles. The van der Waals surface area contributed by atoms with Crippen molar-refractivity contribution in [1.29, 1.82) is 0 Å². The molecular formula is C25H18F3I2N3O2. The van der Waals surface area contributed by atoms with E-state index in [1.165, 1.54) is 18.3 Å². The van der Waals surface area contributed by atoms with E-state index in [9.17, 15) is 18.0 Å². The van der Waals surface area contributed by atoms with Crippen LogP contribution in [0.1, 0.15) is 25.0 Å². The molecule has 4 rings (SSSR count). The minimum atomic E-state index is -4.53. The average molecular weight is 703 g/mol. The van der Waals surface area contributed by atoms with E-state index in [1.807, 2.05) is 26.0 Å². The summed E-state index contributed by atoms with van der Waals surface area (Å²) >= 11 is 4.33. The van der Waals surface area contributed by atoms with Gasteiger partial charge in [-0.05, 0) is 101 Å². The number of ether oxygens (including phenoxy) is 1. The van der Waals surface area contributed by atoms with Gasteiger partial charge in [0.15, 0.2) is 5.82 Å². The molecule has 0 atom stereocenters. The Kier molecular flexibility index (Phi) is 7.50. The van der Waals surface area contributed by atoms with Crippen LogP contribution in [0.2, 0.25) is 0 Å². The third-order valence-electron chi connectivity index (χ3n) is 4.90. The van der Waals surface area contributed by atoms with E-state index >= 15 is 0 Å². The lowest BCUT2D eigenvalue weighted by Crippen LogP contribution is -2.20. The van der Waals surface area contributed by atoms with Crippen LogP contribution in [0.4, 0.5) is 13.2 Å². The first kappa shape index (κ1) is 25.6. The number of benzene rings is 3. The summed E-state index contributed by atoms with van der Waals surface area (Å²) in [6.45, 7) is 3.88. The van der Waals surface area contributed by atoms with Crippen LogP contribution >= 0.6 is 45.2 Å². The first-order valence-corrected chi connectivity index (χ1v) is 12.6. The van der Waals surface area contributed by atoms with Crippen molar-refractivity contribution in [3.63, 3.8) is 0 Å². The normalized spacial score (nSPS) is 12.1. The van der Waals surface area contributed by atoms with Crippen LogP contribution in [0.15, 0.2) is 70.6 Å². The first-order chi connectivity index (χ1) is 16.5. The number of fused-ring (bicyclic) bond motifs is 1. The lowest BCUT2D eigenvalue weighted by molar-refractivity contribution is -0.137. The molecule has 0 fully saturated rings. The van der Waals surface area contributed by atoms with Crippen molar-refractivity contribution in [2.24, 2.45) is 5.10 Å². The molecule has 0 saturated heterocycles. The van der Waals surface area contributed by atoms with Crippen molar-refractivity contribution in [1.82, 2.24) is 9.66 Å². The topological polar surface area (TPSA) is 56.5 Å². The summed E-state index contributed by atoms with van der Waals surface area (Å²) in [6, 6.07) is 15.1. The van der Waals surface area contributed by atoms with E-state index in [0.717, 1.165) is 29.7 Å². The lowest BCUT2D eigenvalue weighted by atomic mass is 10.1. The van der Waals surface area contributed by atoms with E-state index in [-0.39, 0.29) is 17.5 Å². The summed E-state index contributed by atoms with van der Waals surface area (Å²) in [4.78, 5) is 17.8. The van der Waals surface area contributed by atoms with Crippen molar-refractivity contribution in [2.75, 3.05) is 0 Å². The van der Waals surface area contributed by atoms with Gasteiger partial charge in [-0.15, -0.1) is 0 Å². The summed E-state index contributed by atoms with van der Waals surface area (Å²) in [5.41, 5.74) is -0.119. The van der Waals surface area contributed by atoms with Gasteiger partial charge < -0.3 is 4.74 Å². The van der Waals surface area contributed by atoms with Gasteiger partial charge in [0.2, 0.25) is 0 Å². The van der Waals surface area contributed by atoms with Gasteiger partial charge in [0, 0.05) is 5.56 Å². The Bertz CT molecular complexity index is 1470. The van der Waals surface area contributed by atoms with Crippen LogP contribution in [0, 0.1) is 7.14 Å². The summed E-state index contributed by atoms with van der Waals surface area (Å²) in [7, 11) is 0. The number of rotatable bonds is 5. The predicted molar refractivity (Wildman–Crippen MR) is 147 cm³/mol. The monoisotopic (exact) mass is 703 g/mol. The van der Waals surface area contributed by atoms with Crippen molar-refractivity contribution >= 4 is 62.3 Å². The number of para-hydroxylation sites is 1. The Morgan fingerprint density at radius 2 is 1.71 bits per heavy atom. The molecule has 0 aliphatic carbocycles. The maximum atomic E-state index is 13.3. The van der Waals surface area contributed by atoms with Gasteiger partial charge in [-0.25, -0.2) is 4.98 Å². The summed E-state index contributed by atoms with van der Waals surface area (Å²) in [6.07, 6.45) is -3.04. The molecule has 180 valence electrons. The maximum absolute atomic E-state index is 13.3. The first-order valence-electron chi connectivity index (χ1n) is 10.4. The Morgan fingerprint density at radius 1 is 1.03 bits per heavy atom. The van der Waals surface area contributed by atoms with E-state index in [4.69, 9.17) is 4.74 Å². The zero-order valence-electron chi connectivity index (χ0n) is 18.5. The quantitative estimate of drug-likeness (QED) is 0.167. The van der Waals surface area contributed by atoms with Crippen molar-refractivity contribution in [3.05, 3.63) is 89.3 Å². The second-order valence-corrected chi connectivity index (χ2v) is 10.2. The minimum absolute atomic E-state index is 0.00817. The fourth-order valence-corrected chi connectivity index (χ4v) is 5.45. The molecule has 0 aliphatic heterocycles. The van der Waals surface area contributed by atoms with Crippen LogP contribution in [0.3, 0.4) is 0 Å². The van der Waals surface area contributed by atoms with Crippen molar-refractivity contribution in [3.8, 4) is 17.1 Å². The van der Waals surface area contributed by atoms with Crippen LogP contribution < -0.4 is 10.3 Å². The van der Waals surface area contributed by atoms with E-state index in [0.29, 0.717) is 16.5 Å². The Labute approximate surface area is 226 Å². The van der Waals surface area contributed by atoms with Gasteiger partial charge in [-0.1, -0.05) is 24.3 Å². The number of hydrogen-bond acceptors (Lipinski definition) is 4. The molecule has 35 heavy (non-hydrogen) atoms. The van der Waals surface area contributed by atoms with Crippen LogP contribution in [0.5, 0.6) is 5.75 Å². The van der Waals surface area contributed by atoms with Gasteiger partial charge >= 0.3 is 6.18 Å². The molecule has 0 aliphatic rings. The minimum Gasteiger partial charge on any atom is -0.489 e. The third-order valence-corrected chi connectivity index (χ3v) is 6.50. The number of alkyl halides is 3. The molecule has 0 unspecified atom stereocenters. The van der Waals surface area contributed by atoms with Crippen LogP contribution in [-0.4, -0.2) is 22.0 Å². The predicted octanol–water partition coefficient (Wildman–Crippen LogP) is 6.96. The molecular weight excluding hydrogens is 685 g/mol. The van der Waals surface area contributed by atoms with Gasteiger partial charge in [0.05, 0.1) is 35.9 Å². The lowest BCUT2D eigenvalue weighted by Gasteiger charge is -2.14. The zero-order valence-corrected chi connectivity index (χ0v) is 22.8. The number of halogens is 5. The number of nitrogens with zero attached hydrogens (tertiary/aromatic N) is 3. The fourth-order valence-electron chi connectivity index (χ4n) is 3.38. The molecule has 0 amide bonds. The number of aromatic nitrogens is 2. The van der Waals surface area contributed by atoms with Crippen molar-refractivity contribution < 1.29 is 17.9 Å². The second-order valence-electron chi connectivity index (χ2n) is 7.87. The number of hydrogen-bond donors (Lipinski definition) is 0. The van der Waals surface area contributed by atoms with Gasteiger partial charge in [-0.3, -0.25) is 4.79 Å². The highest BCUT2D eigenvalue weighted by Crippen LogP contribution is 2.32. The Hall–Kier alpha value is -2.48. The summed E-state index contributed by atoms with van der Waals surface area (Å²) in [5, 5.41) is 4.67. The third kappa shape index (κ3) is 5.68. The molecule has 0 bridgehead atoms. The van der Waals surface area contributed by atoms with E-state index in [2.05, 4.69) is 55.3 Å². The molecule has 5 nitrogen and oxygen atoms in total. The van der Waals surface area contributed by atoms with Crippen molar-refractivity contribution in [2.45, 2.75) is 26.1 Å². The SMILES string of the molecule is CC(C)Oc1c(I)cc(C=Nn2c(-c3cccc(C(F)(F)F)c3)nc3ccccc3c2=O)cc1I. The summed E-state index contributed by atoms with van der Waals surface area (Å²) < 4.78 is 48.7. The molecule has 0 radical (unpaired) electrons. The molecule has 0 N–H and O–H groups in total. The second kappa shape index (κ2) is 10.2. The van der Waals surface area contributed by atoms with E-state index < -0.39 is 17.3 Å². The fraction of sp³-hybridized carbons (Fsp3) is 0.160. The standard InChI is InChI=1S/C25H18F3I2N3O2/c1-14(2)35-22-19(29)10-15(11-20(22)30)13-31-33-23(16-6-5-7-17(12-16)25(26,27)28)32-21-9-4-3-8-18(21)24(33)34/h3-14H,1-2H3. The van der Waals surface area contributed by atoms with E-state index in [1.54, 1.807) is 24.3 Å². The van der Waals surface area contributed by atoms with Gasteiger partial charge in [-0.2, -0.15) is 22.9 Å². The maximum Gasteiger partial charge on any atom is 0.416 e. The van der Waals surface area contributed by atoms with Gasteiger partial charge in [0.25, 0.3) is 5.56 Å². The largest absolute Gasteiger partial charge is 0.489 e.